The molecule has 0 aliphatic heterocycles. The lowest BCUT2D eigenvalue weighted by molar-refractivity contribution is -0.148. The van der Waals surface area contributed by atoms with Gasteiger partial charge in [-0.1, -0.05) is 50.2 Å². The first kappa shape index (κ1) is 25.4. The number of nitrogens with two attached hydrogens (primary N) is 1. The third-order valence-corrected chi connectivity index (χ3v) is 5.51. The Morgan fingerprint density at radius 3 is 2.47 bits per heavy atom. The molecule has 1 aliphatic rings. The Hall–Kier alpha value is -2.89. The average Bonchev–Trinajstić information content (AvgIpc) is 3.31. The number of carbonyl (C=O) groups excluding carboxylic acids is 3. The molecule has 176 valence electrons. The lowest BCUT2D eigenvalue weighted by Crippen LogP contribution is -2.26. The maximum absolute atomic E-state index is 11.9. The van der Waals surface area contributed by atoms with Crippen molar-refractivity contribution in [3.8, 4) is 11.8 Å². The minimum Gasteiger partial charge on any atom is -0.466 e. The highest BCUT2D eigenvalue weighted by Crippen LogP contribution is 2.37. The van der Waals surface area contributed by atoms with E-state index in [4.69, 9.17) is 15.2 Å². The summed E-state index contributed by atoms with van der Waals surface area (Å²) in [6.45, 7) is 5.10. The molecule has 2 N–H and O–H groups in total. The molecule has 1 aromatic rings. The summed E-state index contributed by atoms with van der Waals surface area (Å²) in [5, 5.41) is 8.05. The highest BCUT2D eigenvalue weighted by Gasteiger charge is 2.40. The third kappa shape index (κ3) is 7.66. The Morgan fingerprint density at radius 1 is 1.09 bits per heavy atom. The third-order valence-electron chi connectivity index (χ3n) is 5.51. The number of ether oxygens (including phenoxy) is 2. The number of primary amides is 1. The molecule has 0 spiro atoms. The second kappa shape index (κ2) is 12.8. The molecule has 0 saturated heterocycles. The average molecular weight is 447 g/mol. The molecule has 0 radical (unpaired) electrons. The van der Waals surface area contributed by atoms with Gasteiger partial charge in [0.25, 0.3) is 5.91 Å². The monoisotopic (exact) mass is 446 g/mol. The zero-order valence-corrected chi connectivity index (χ0v) is 19.3. The number of aromatic nitrogens is 3. The standard InChI is InChI=1S/C23H34N4O5/c1-4-5-6-7-8-9-10-11-12-19-22(23(24)30)25-26-27(19)20-13-18(15-31-16(2)28)14-21(20)32-17(3)29/h18,20-21H,4-10,13-15H2,1-3H3,(H2,24,30)/t18-,20+,21+/m0/s1. The largest absolute Gasteiger partial charge is 0.466 e. The quantitative estimate of drug-likeness (QED) is 0.314. The molecule has 32 heavy (non-hydrogen) atoms. The first-order valence-corrected chi connectivity index (χ1v) is 11.4. The Morgan fingerprint density at radius 2 is 1.81 bits per heavy atom. The van der Waals surface area contributed by atoms with Gasteiger partial charge in [-0.25, -0.2) is 4.68 Å². The van der Waals surface area contributed by atoms with Gasteiger partial charge in [-0.15, -0.1) is 5.10 Å². The van der Waals surface area contributed by atoms with E-state index in [1.165, 1.54) is 44.2 Å². The van der Waals surface area contributed by atoms with E-state index in [1.54, 1.807) is 0 Å². The summed E-state index contributed by atoms with van der Waals surface area (Å²) in [6, 6.07) is -0.376. The zero-order chi connectivity index (χ0) is 23.5. The molecular weight excluding hydrogens is 412 g/mol. The Bertz CT molecular complexity index is 854. The van der Waals surface area contributed by atoms with Crippen molar-refractivity contribution in [1.29, 1.82) is 0 Å². The molecule has 1 heterocycles. The number of esters is 2. The van der Waals surface area contributed by atoms with Crippen LogP contribution in [0.25, 0.3) is 0 Å². The minimum absolute atomic E-state index is 0.00505. The molecule has 1 fully saturated rings. The van der Waals surface area contributed by atoms with Gasteiger partial charge in [0.2, 0.25) is 0 Å². The zero-order valence-electron chi connectivity index (χ0n) is 19.3. The summed E-state index contributed by atoms with van der Waals surface area (Å²) in [5.41, 5.74) is 5.82. The molecular formula is C23H34N4O5. The van der Waals surface area contributed by atoms with Gasteiger partial charge in [-0.2, -0.15) is 0 Å². The molecule has 9 nitrogen and oxygen atoms in total. The van der Waals surface area contributed by atoms with E-state index >= 15 is 0 Å². The van der Waals surface area contributed by atoms with Gasteiger partial charge < -0.3 is 15.2 Å². The number of rotatable bonds is 11. The molecule has 1 aromatic heterocycles. The van der Waals surface area contributed by atoms with Gasteiger partial charge in [0.15, 0.2) is 5.69 Å². The number of hydrogen-bond acceptors (Lipinski definition) is 7. The van der Waals surface area contributed by atoms with Gasteiger partial charge in [-0.05, 0) is 31.1 Å². The first-order chi connectivity index (χ1) is 15.3. The Kier molecular flexibility index (Phi) is 10.2. The SMILES string of the molecule is CCCCCCCCC#Cc1c(C(N)=O)nnn1[C@@H]1C[C@H](COC(C)=O)C[C@H]1OC(C)=O. The molecule has 0 unspecified atom stereocenters. The maximum Gasteiger partial charge on any atom is 0.302 e. The summed E-state index contributed by atoms with van der Waals surface area (Å²) >= 11 is 0. The van der Waals surface area contributed by atoms with Crippen molar-refractivity contribution in [3.05, 3.63) is 11.4 Å². The van der Waals surface area contributed by atoms with Crippen LogP contribution in [0.5, 0.6) is 0 Å². The molecule has 1 aliphatic carbocycles. The van der Waals surface area contributed by atoms with Gasteiger partial charge >= 0.3 is 11.9 Å². The molecule has 0 aromatic carbocycles. The number of amides is 1. The fraction of sp³-hybridized carbons (Fsp3) is 0.696. The van der Waals surface area contributed by atoms with Crippen LogP contribution in [0.4, 0.5) is 0 Å². The van der Waals surface area contributed by atoms with Crippen molar-refractivity contribution in [2.45, 2.75) is 90.7 Å². The van der Waals surface area contributed by atoms with Crippen molar-refractivity contribution in [3.63, 3.8) is 0 Å². The van der Waals surface area contributed by atoms with Crippen LogP contribution in [0.3, 0.4) is 0 Å². The van der Waals surface area contributed by atoms with Crippen LogP contribution in [-0.2, 0) is 19.1 Å². The van der Waals surface area contributed by atoms with Crippen LogP contribution < -0.4 is 5.73 Å². The number of nitrogens with zero attached hydrogens (tertiary/aromatic N) is 3. The van der Waals surface area contributed by atoms with Crippen molar-refractivity contribution in [2.75, 3.05) is 6.61 Å². The van der Waals surface area contributed by atoms with Crippen molar-refractivity contribution in [1.82, 2.24) is 15.0 Å². The predicted molar refractivity (Wildman–Crippen MR) is 117 cm³/mol. The summed E-state index contributed by atoms with van der Waals surface area (Å²) < 4.78 is 12.2. The fourth-order valence-corrected chi connectivity index (χ4v) is 3.99. The summed E-state index contributed by atoms with van der Waals surface area (Å²) in [7, 11) is 0. The number of hydrogen-bond donors (Lipinski definition) is 1. The van der Waals surface area contributed by atoms with Crippen molar-refractivity contribution in [2.24, 2.45) is 11.7 Å². The highest BCUT2D eigenvalue weighted by atomic mass is 16.5. The molecule has 0 bridgehead atoms. The van der Waals surface area contributed by atoms with Crippen LogP contribution in [0.15, 0.2) is 0 Å². The Balaban J connectivity index is 2.16. The Labute approximate surface area is 189 Å². The van der Waals surface area contributed by atoms with Crippen molar-refractivity contribution >= 4 is 17.8 Å². The molecule has 3 atom stereocenters. The van der Waals surface area contributed by atoms with Crippen LogP contribution in [-0.4, -0.2) is 45.6 Å². The lowest BCUT2D eigenvalue weighted by Gasteiger charge is -2.19. The molecule has 9 heteroatoms. The number of unbranched alkanes of at least 4 members (excludes halogenated alkanes) is 6. The van der Waals surface area contributed by atoms with Crippen LogP contribution in [0.1, 0.15) is 101 Å². The maximum atomic E-state index is 11.9. The van der Waals surface area contributed by atoms with Gasteiger partial charge in [0, 0.05) is 20.3 Å². The van der Waals surface area contributed by atoms with Crippen LogP contribution in [0.2, 0.25) is 0 Å². The second-order valence-electron chi connectivity index (χ2n) is 8.27. The molecule has 2 rings (SSSR count). The minimum atomic E-state index is -0.710. The van der Waals surface area contributed by atoms with Crippen molar-refractivity contribution < 1.29 is 23.9 Å². The van der Waals surface area contributed by atoms with E-state index in [9.17, 15) is 14.4 Å². The van der Waals surface area contributed by atoms with E-state index in [0.717, 1.165) is 12.8 Å². The lowest BCUT2D eigenvalue weighted by atomic mass is 10.1. The van der Waals surface area contributed by atoms with Crippen LogP contribution in [0, 0.1) is 17.8 Å². The summed E-state index contributed by atoms with van der Waals surface area (Å²) in [4.78, 5) is 34.7. The predicted octanol–water partition coefficient (Wildman–Crippen LogP) is 2.93. The van der Waals surface area contributed by atoms with E-state index < -0.39 is 18.0 Å². The van der Waals surface area contributed by atoms with E-state index in [-0.39, 0.29) is 30.2 Å². The second-order valence-corrected chi connectivity index (χ2v) is 8.27. The normalized spacial score (nSPS) is 19.8. The van der Waals surface area contributed by atoms with Gasteiger partial charge in [0.05, 0.1) is 12.6 Å². The molecule has 1 saturated carbocycles. The highest BCUT2D eigenvalue weighted by molar-refractivity contribution is 5.92. The molecule has 1 amide bonds. The van der Waals surface area contributed by atoms with Gasteiger partial charge in [0.1, 0.15) is 11.8 Å². The van der Waals surface area contributed by atoms with E-state index in [2.05, 4.69) is 29.1 Å². The van der Waals surface area contributed by atoms with Crippen LogP contribution >= 0.6 is 0 Å². The summed E-state index contributed by atoms with van der Waals surface area (Å²) in [5.74, 6) is 4.62. The van der Waals surface area contributed by atoms with E-state index in [1.807, 2.05) is 0 Å². The first-order valence-electron chi connectivity index (χ1n) is 11.4. The summed E-state index contributed by atoms with van der Waals surface area (Å²) in [6.07, 6.45) is 8.24. The fourth-order valence-electron chi connectivity index (χ4n) is 3.99. The van der Waals surface area contributed by atoms with Gasteiger partial charge in [-0.3, -0.25) is 14.4 Å². The van der Waals surface area contributed by atoms with E-state index in [0.29, 0.717) is 25.0 Å². The topological polar surface area (TPSA) is 126 Å². The smallest absolute Gasteiger partial charge is 0.302 e. The number of carbonyl (C=O) groups is 3.